The summed E-state index contributed by atoms with van der Waals surface area (Å²) >= 11 is 0. The topological polar surface area (TPSA) is 39.9 Å². The van der Waals surface area contributed by atoms with Gasteiger partial charge < -0.3 is 4.90 Å². The van der Waals surface area contributed by atoms with Crippen LogP contribution >= 0.6 is 0 Å². The maximum Gasteiger partial charge on any atom is 0.147 e. The minimum absolute atomic E-state index is 0.661. The van der Waals surface area contributed by atoms with E-state index in [1.165, 1.54) is 5.57 Å². The van der Waals surface area contributed by atoms with Gasteiger partial charge >= 0.3 is 0 Å². The number of hydrogen-bond donors (Lipinski definition) is 0. The van der Waals surface area contributed by atoms with Gasteiger partial charge in [-0.25, -0.2) is 4.98 Å². The fourth-order valence-electron chi connectivity index (χ4n) is 2.52. The molecule has 0 unspecified atom stereocenters. The Bertz CT molecular complexity index is 695. The van der Waals surface area contributed by atoms with Gasteiger partial charge in [0, 0.05) is 18.5 Å². The predicted octanol–water partition coefficient (Wildman–Crippen LogP) is 3.26. The molecule has 2 aromatic rings. The lowest BCUT2D eigenvalue weighted by atomic mass is 10.1. The first-order chi connectivity index (χ1) is 9.28. The molecule has 0 saturated heterocycles. The van der Waals surface area contributed by atoms with E-state index in [9.17, 15) is 5.26 Å². The monoisotopic (exact) mass is 249 g/mol. The highest BCUT2D eigenvalue weighted by atomic mass is 15.2. The zero-order chi connectivity index (χ0) is 13.2. The molecule has 0 fully saturated rings. The lowest BCUT2D eigenvalue weighted by Gasteiger charge is -2.28. The van der Waals surface area contributed by atoms with Crippen molar-refractivity contribution in [2.24, 2.45) is 0 Å². The van der Waals surface area contributed by atoms with Crippen molar-refractivity contribution in [3.63, 3.8) is 0 Å². The summed E-state index contributed by atoms with van der Waals surface area (Å²) in [7, 11) is 0. The first-order valence-electron chi connectivity index (χ1n) is 6.48. The molecule has 0 bridgehead atoms. The van der Waals surface area contributed by atoms with Crippen molar-refractivity contribution < 1.29 is 0 Å². The van der Waals surface area contributed by atoms with Crippen LogP contribution in [0.1, 0.15) is 18.9 Å². The van der Waals surface area contributed by atoms with Crippen molar-refractivity contribution in [2.75, 3.05) is 18.0 Å². The maximum absolute atomic E-state index is 9.34. The minimum atomic E-state index is 0.661. The van der Waals surface area contributed by atoms with Gasteiger partial charge in [0.1, 0.15) is 11.9 Å². The molecule has 19 heavy (non-hydrogen) atoms. The van der Waals surface area contributed by atoms with Crippen LogP contribution in [0.15, 0.2) is 42.0 Å². The third-order valence-corrected chi connectivity index (χ3v) is 3.46. The summed E-state index contributed by atoms with van der Waals surface area (Å²) in [5.41, 5.74) is 2.95. The molecule has 2 heterocycles. The molecule has 0 spiro atoms. The van der Waals surface area contributed by atoms with Gasteiger partial charge in [0.2, 0.25) is 0 Å². The second kappa shape index (κ2) is 4.74. The van der Waals surface area contributed by atoms with Gasteiger partial charge in [0.25, 0.3) is 0 Å². The Balaban J connectivity index is 2.12. The normalized spacial score (nSPS) is 15.2. The van der Waals surface area contributed by atoms with Gasteiger partial charge in [-0.1, -0.05) is 29.8 Å². The molecule has 0 atom stereocenters. The van der Waals surface area contributed by atoms with Gasteiger partial charge in [-0.05, 0) is 25.5 Å². The van der Waals surface area contributed by atoms with Crippen molar-refractivity contribution in [2.45, 2.75) is 13.3 Å². The molecular weight excluding hydrogens is 234 g/mol. The van der Waals surface area contributed by atoms with E-state index in [0.29, 0.717) is 5.56 Å². The Kier molecular flexibility index (Phi) is 2.92. The number of anilines is 1. The number of para-hydroxylation sites is 1. The Hall–Kier alpha value is -2.34. The molecule has 0 amide bonds. The van der Waals surface area contributed by atoms with E-state index in [4.69, 9.17) is 0 Å². The SMILES string of the molecule is CC1=CCCN(c2nc3ccccc3cc2C#N)C1. The molecule has 0 radical (unpaired) electrons. The Labute approximate surface area is 112 Å². The highest BCUT2D eigenvalue weighted by molar-refractivity contribution is 5.83. The van der Waals surface area contributed by atoms with Crippen LogP contribution in [0, 0.1) is 11.3 Å². The average Bonchev–Trinajstić information content (AvgIpc) is 2.46. The molecule has 3 nitrogen and oxygen atoms in total. The Morgan fingerprint density at radius 2 is 2.16 bits per heavy atom. The molecule has 1 aliphatic rings. The largest absolute Gasteiger partial charge is 0.351 e. The van der Waals surface area contributed by atoms with Crippen LogP contribution in [0.4, 0.5) is 5.82 Å². The summed E-state index contributed by atoms with van der Waals surface area (Å²) < 4.78 is 0. The number of aromatic nitrogens is 1. The van der Waals surface area contributed by atoms with Crippen molar-refractivity contribution in [1.29, 1.82) is 5.26 Å². The van der Waals surface area contributed by atoms with E-state index in [0.717, 1.165) is 36.2 Å². The number of nitrogens with zero attached hydrogens (tertiary/aromatic N) is 3. The quantitative estimate of drug-likeness (QED) is 0.728. The molecule has 0 aliphatic carbocycles. The zero-order valence-electron chi connectivity index (χ0n) is 10.9. The van der Waals surface area contributed by atoms with Crippen LogP contribution < -0.4 is 4.90 Å². The van der Waals surface area contributed by atoms with Crippen molar-refractivity contribution in [1.82, 2.24) is 4.98 Å². The molecule has 1 aromatic carbocycles. The molecule has 3 rings (SSSR count). The standard InChI is InChI=1S/C16H15N3/c1-12-5-4-8-19(11-12)16-14(10-17)9-13-6-2-3-7-15(13)18-16/h2-3,5-7,9H,4,8,11H2,1H3. The van der Waals surface area contributed by atoms with Crippen molar-refractivity contribution >= 4 is 16.7 Å². The summed E-state index contributed by atoms with van der Waals surface area (Å²) in [6, 6.07) is 12.1. The van der Waals surface area contributed by atoms with Gasteiger partial charge in [0.15, 0.2) is 0 Å². The number of rotatable bonds is 1. The predicted molar refractivity (Wildman–Crippen MR) is 77.0 cm³/mol. The van der Waals surface area contributed by atoms with Crippen LogP contribution in [0.3, 0.4) is 0 Å². The summed E-state index contributed by atoms with van der Waals surface area (Å²) in [4.78, 5) is 6.88. The smallest absolute Gasteiger partial charge is 0.147 e. The maximum atomic E-state index is 9.34. The van der Waals surface area contributed by atoms with Crippen LogP contribution in [0.25, 0.3) is 10.9 Å². The van der Waals surface area contributed by atoms with Gasteiger partial charge in [-0.3, -0.25) is 0 Å². The van der Waals surface area contributed by atoms with E-state index in [1.807, 2.05) is 30.3 Å². The lowest BCUT2D eigenvalue weighted by molar-refractivity contribution is 0.779. The first kappa shape index (κ1) is 11.7. The molecule has 3 heteroatoms. The highest BCUT2D eigenvalue weighted by Crippen LogP contribution is 2.25. The third kappa shape index (κ3) is 2.17. The zero-order valence-corrected chi connectivity index (χ0v) is 10.9. The number of nitriles is 1. The lowest BCUT2D eigenvalue weighted by Crippen LogP contribution is -2.30. The van der Waals surface area contributed by atoms with Gasteiger partial charge in [-0.2, -0.15) is 5.26 Å². The van der Waals surface area contributed by atoms with Crippen LogP contribution in [-0.2, 0) is 0 Å². The molecule has 1 aliphatic heterocycles. The van der Waals surface area contributed by atoms with E-state index >= 15 is 0 Å². The van der Waals surface area contributed by atoms with Gasteiger partial charge in [0.05, 0.1) is 11.1 Å². The number of pyridine rings is 1. The van der Waals surface area contributed by atoms with Crippen LogP contribution in [0.2, 0.25) is 0 Å². The summed E-state index contributed by atoms with van der Waals surface area (Å²) in [5, 5.41) is 10.4. The first-order valence-corrected chi connectivity index (χ1v) is 6.48. The number of hydrogen-bond acceptors (Lipinski definition) is 3. The van der Waals surface area contributed by atoms with E-state index in [1.54, 1.807) is 0 Å². The molecule has 0 saturated carbocycles. The average molecular weight is 249 g/mol. The molecular formula is C16H15N3. The van der Waals surface area contributed by atoms with Crippen molar-refractivity contribution in [3.8, 4) is 6.07 Å². The fraction of sp³-hybridized carbons (Fsp3) is 0.250. The highest BCUT2D eigenvalue weighted by Gasteiger charge is 2.16. The molecule has 0 N–H and O–H groups in total. The second-order valence-corrected chi connectivity index (χ2v) is 4.92. The summed E-state index contributed by atoms with van der Waals surface area (Å²) in [5.74, 6) is 0.814. The summed E-state index contributed by atoms with van der Waals surface area (Å²) in [6.07, 6.45) is 3.27. The van der Waals surface area contributed by atoms with Crippen LogP contribution in [0.5, 0.6) is 0 Å². The molecule has 94 valence electrons. The Morgan fingerprint density at radius 3 is 2.95 bits per heavy atom. The number of benzene rings is 1. The third-order valence-electron chi connectivity index (χ3n) is 3.46. The van der Waals surface area contributed by atoms with E-state index < -0.39 is 0 Å². The van der Waals surface area contributed by atoms with Gasteiger partial charge in [-0.15, -0.1) is 0 Å². The fourth-order valence-corrected chi connectivity index (χ4v) is 2.52. The van der Waals surface area contributed by atoms with Crippen LogP contribution in [-0.4, -0.2) is 18.1 Å². The molecule has 1 aromatic heterocycles. The van der Waals surface area contributed by atoms with E-state index in [-0.39, 0.29) is 0 Å². The summed E-state index contributed by atoms with van der Waals surface area (Å²) in [6.45, 7) is 3.91. The second-order valence-electron chi connectivity index (χ2n) is 4.92. The Morgan fingerprint density at radius 1 is 1.32 bits per heavy atom. The van der Waals surface area contributed by atoms with E-state index in [2.05, 4.69) is 29.0 Å². The number of fused-ring (bicyclic) bond motifs is 1. The minimum Gasteiger partial charge on any atom is -0.351 e. The van der Waals surface area contributed by atoms with Crippen molar-refractivity contribution in [3.05, 3.63) is 47.5 Å².